The fourth-order valence-corrected chi connectivity index (χ4v) is 1.52. The Labute approximate surface area is 98.9 Å². The van der Waals surface area contributed by atoms with Crippen LogP contribution in [0, 0.1) is 20.8 Å². The summed E-state index contributed by atoms with van der Waals surface area (Å²) in [6.45, 7) is 5.85. The van der Waals surface area contributed by atoms with Crippen molar-refractivity contribution >= 4 is 11.5 Å². The van der Waals surface area contributed by atoms with Gasteiger partial charge in [0.2, 0.25) is 0 Å². The van der Waals surface area contributed by atoms with E-state index in [1.807, 2.05) is 32.0 Å². The number of H-pyrrole nitrogens is 1. The van der Waals surface area contributed by atoms with Crippen LogP contribution >= 0.6 is 0 Å². The molecule has 1 aromatic carbocycles. The van der Waals surface area contributed by atoms with E-state index in [-0.39, 0.29) is 0 Å². The first-order chi connectivity index (χ1) is 8.08. The highest BCUT2D eigenvalue weighted by molar-refractivity contribution is 5.62. The Morgan fingerprint density at radius 3 is 2.76 bits per heavy atom. The standard InChI is InChI=1S/C12H14N4O/c1-7-5-4-6-10(8(7)2)13-11-9(3)15-16-12(17)14-11/h4-6H,1-3H3,(H2,13,14,16,17). The molecule has 0 saturated carbocycles. The summed E-state index contributed by atoms with van der Waals surface area (Å²) in [7, 11) is 0. The number of hydrogen-bond acceptors (Lipinski definition) is 4. The van der Waals surface area contributed by atoms with Crippen molar-refractivity contribution in [3.63, 3.8) is 0 Å². The quantitative estimate of drug-likeness (QED) is 0.825. The van der Waals surface area contributed by atoms with E-state index in [0.717, 1.165) is 11.3 Å². The Morgan fingerprint density at radius 1 is 1.24 bits per heavy atom. The topological polar surface area (TPSA) is 70.7 Å². The van der Waals surface area contributed by atoms with Gasteiger partial charge in [0.25, 0.3) is 0 Å². The molecule has 1 heterocycles. The molecular formula is C12H14N4O. The van der Waals surface area contributed by atoms with Crippen molar-refractivity contribution in [3.05, 3.63) is 45.5 Å². The van der Waals surface area contributed by atoms with Crippen LogP contribution in [0.3, 0.4) is 0 Å². The molecule has 2 aromatic rings. The molecule has 5 heteroatoms. The van der Waals surface area contributed by atoms with Gasteiger partial charge in [-0.1, -0.05) is 12.1 Å². The van der Waals surface area contributed by atoms with Gasteiger partial charge in [0.1, 0.15) is 5.69 Å². The first-order valence-corrected chi connectivity index (χ1v) is 5.34. The highest BCUT2D eigenvalue weighted by atomic mass is 16.1. The molecule has 0 amide bonds. The predicted octanol–water partition coefficient (Wildman–Crippen LogP) is 1.83. The molecule has 0 unspecified atom stereocenters. The zero-order chi connectivity index (χ0) is 12.4. The van der Waals surface area contributed by atoms with Crippen LogP contribution in [-0.2, 0) is 0 Å². The van der Waals surface area contributed by atoms with Crippen LogP contribution < -0.4 is 11.0 Å². The SMILES string of the molecule is Cc1cccc(Nc2nc(=O)[nH]nc2C)c1C. The minimum atomic E-state index is -0.455. The lowest BCUT2D eigenvalue weighted by molar-refractivity contribution is 0.884. The molecule has 0 aliphatic carbocycles. The van der Waals surface area contributed by atoms with Gasteiger partial charge in [-0.3, -0.25) is 0 Å². The molecule has 2 rings (SSSR count). The monoisotopic (exact) mass is 230 g/mol. The zero-order valence-corrected chi connectivity index (χ0v) is 10.0. The lowest BCUT2D eigenvalue weighted by atomic mass is 10.1. The van der Waals surface area contributed by atoms with Gasteiger partial charge in [0.05, 0.1) is 0 Å². The van der Waals surface area contributed by atoms with Gasteiger partial charge in [-0.15, -0.1) is 0 Å². The van der Waals surface area contributed by atoms with Crippen LogP contribution in [0.5, 0.6) is 0 Å². The third-order valence-electron chi connectivity index (χ3n) is 2.73. The number of benzene rings is 1. The molecular weight excluding hydrogens is 216 g/mol. The molecule has 88 valence electrons. The van der Waals surface area contributed by atoms with Crippen LogP contribution in [0.1, 0.15) is 16.8 Å². The van der Waals surface area contributed by atoms with E-state index in [4.69, 9.17) is 0 Å². The summed E-state index contributed by atoms with van der Waals surface area (Å²) < 4.78 is 0. The lowest BCUT2D eigenvalue weighted by Gasteiger charge is -2.11. The highest BCUT2D eigenvalue weighted by Gasteiger charge is 2.05. The van der Waals surface area contributed by atoms with Crippen LogP contribution in [-0.4, -0.2) is 15.2 Å². The molecule has 0 bridgehead atoms. The number of nitrogens with one attached hydrogen (secondary N) is 2. The molecule has 0 spiro atoms. The van der Waals surface area contributed by atoms with Gasteiger partial charge in [-0.05, 0) is 38.0 Å². The third kappa shape index (κ3) is 2.33. The van der Waals surface area contributed by atoms with Crippen LogP contribution in [0.25, 0.3) is 0 Å². The van der Waals surface area contributed by atoms with Crippen LogP contribution in [0.15, 0.2) is 23.0 Å². The van der Waals surface area contributed by atoms with Crippen molar-refractivity contribution in [3.8, 4) is 0 Å². The minimum Gasteiger partial charge on any atom is -0.338 e. The van der Waals surface area contributed by atoms with Crippen molar-refractivity contribution < 1.29 is 0 Å². The lowest BCUT2D eigenvalue weighted by Crippen LogP contribution is -2.15. The van der Waals surface area contributed by atoms with Crippen LogP contribution in [0.2, 0.25) is 0 Å². The Bertz CT molecular complexity index is 604. The second-order valence-electron chi connectivity index (χ2n) is 3.95. The maximum Gasteiger partial charge on any atom is 0.363 e. The van der Waals surface area contributed by atoms with Gasteiger partial charge >= 0.3 is 5.69 Å². The van der Waals surface area contributed by atoms with Crippen molar-refractivity contribution in [2.75, 3.05) is 5.32 Å². The summed E-state index contributed by atoms with van der Waals surface area (Å²) in [5.41, 5.74) is 3.46. The first-order valence-electron chi connectivity index (χ1n) is 5.34. The molecule has 0 aliphatic rings. The largest absolute Gasteiger partial charge is 0.363 e. The van der Waals surface area contributed by atoms with E-state index in [1.165, 1.54) is 5.56 Å². The molecule has 2 N–H and O–H groups in total. The number of aromatic nitrogens is 3. The van der Waals surface area contributed by atoms with Crippen molar-refractivity contribution in [1.82, 2.24) is 15.2 Å². The Balaban J connectivity index is 2.41. The summed E-state index contributed by atoms with van der Waals surface area (Å²) in [6, 6.07) is 5.95. The van der Waals surface area contributed by atoms with Gasteiger partial charge in [-0.2, -0.15) is 10.1 Å². The number of rotatable bonds is 2. The fraction of sp³-hybridized carbons (Fsp3) is 0.250. The summed E-state index contributed by atoms with van der Waals surface area (Å²) in [6.07, 6.45) is 0. The van der Waals surface area contributed by atoms with E-state index < -0.39 is 5.69 Å². The molecule has 17 heavy (non-hydrogen) atoms. The smallest absolute Gasteiger partial charge is 0.338 e. The summed E-state index contributed by atoms with van der Waals surface area (Å²) in [4.78, 5) is 15.0. The molecule has 0 atom stereocenters. The van der Waals surface area contributed by atoms with Gasteiger partial charge in [0, 0.05) is 5.69 Å². The van der Waals surface area contributed by atoms with E-state index in [2.05, 4.69) is 20.5 Å². The fourth-order valence-electron chi connectivity index (χ4n) is 1.52. The Kier molecular flexibility index (Phi) is 2.91. The highest BCUT2D eigenvalue weighted by Crippen LogP contribution is 2.21. The van der Waals surface area contributed by atoms with E-state index in [9.17, 15) is 4.79 Å². The molecule has 0 aliphatic heterocycles. The third-order valence-corrected chi connectivity index (χ3v) is 2.73. The number of aromatic amines is 1. The average molecular weight is 230 g/mol. The van der Waals surface area contributed by atoms with E-state index in [0.29, 0.717) is 11.5 Å². The Hall–Kier alpha value is -2.17. The molecule has 0 radical (unpaired) electrons. The summed E-state index contributed by atoms with van der Waals surface area (Å²) in [5.74, 6) is 0.488. The maximum absolute atomic E-state index is 11.1. The molecule has 1 aromatic heterocycles. The van der Waals surface area contributed by atoms with E-state index in [1.54, 1.807) is 6.92 Å². The maximum atomic E-state index is 11.1. The molecule has 5 nitrogen and oxygen atoms in total. The van der Waals surface area contributed by atoms with Crippen LogP contribution in [0.4, 0.5) is 11.5 Å². The number of anilines is 2. The zero-order valence-electron chi connectivity index (χ0n) is 10.0. The predicted molar refractivity (Wildman–Crippen MR) is 66.6 cm³/mol. The molecule has 0 saturated heterocycles. The number of hydrogen-bond donors (Lipinski definition) is 2. The molecule has 0 fully saturated rings. The van der Waals surface area contributed by atoms with Gasteiger partial charge < -0.3 is 5.32 Å². The van der Waals surface area contributed by atoms with Gasteiger partial charge in [0.15, 0.2) is 5.82 Å². The normalized spacial score (nSPS) is 10.3. The van der Waals surface area contributed by atoms with Gasteiger partial charge in [-0.25, -0.2) is 9.89 Å². The number of nitrogens with zero attached hydrogens (tertiary/aromatic N) is 2. The average Bonchev–Trinajstić information content (AvgIpc) is 2.30. The first kappa shape index (κ1) is 11.3. The Morgan fingerprint density at radius 2 is 2.00 bits per heavy atom. The summed E-state index contributed by atoms with van der Waals surface area (Å²) >= 11 is 0. The van der Waals surface area contributed by atoms with Crippen molar-refractivity contribution in [2.24, 2.45) is 0 Å². The summed E-state index contributed by atoms with van der Waals surface area (Å²) in [5, 5.41) is 9.29. The van der Waals surface area contributed by atoms with Crippen molar-refractivity contribution in [1.29, 1.82) is 0 Å². The van der Waals surface area contributed by atoms with Crippen molar-refractivity contribution in [2.45, 2.75) is 20.8 Å². The second kappa shape index (κ2) is 4.37. The van der Waals surface area contributed by atoms with E-state index >= 15 is 0 Å². The minimum absolute atomic E-state index is 0.455. The number of aryl methyl sites for hydroxylation is 2. The second-order valence-corrected chi connectivity index (χ2v) is 3.95.